The first-order valence-corrected chi connectivity index (χ1v) is 3.61. The van der Waals surface area contributed by atoms with Crippen molar-refractivity contribution in [3.8, 4) is 0 Å². The summed E-state index contributed by atoms with van der Waals surface area (Å²) in [5.74, 6) is 0. The van der Waals surface area contributed by atoms with Crippen molar-refractivity contribution in [2.45, 2.75) is 0 Å². The van der Waals surface area contributed by atoms with E-state index in [9.17, 15) is 4.79 Å². The minimum absolute atomic E-state index is 0.0677. The van der Waals surface area contributed by atoms with Crippen molar-refractivity contribution in [2.24, 2.45) is 7.05 Å². The summed E-state index contributed by atoms with van der Waals surface area (Å²) in [6, 6.07) is 3.64. The van der Waals surface area contributed by atoms with E-state index in [1.165, 1.54) is 0 Å². The van der Waals surface area contributed by atoms with E-state index in [0.717, 1.165) is 3.57 Å². The van der Waals surface area contributed by atoms with Crippen LogP contribution >= 0.6 is 22.6 Å². The highest BCUT2D eigenvalue weighted by Gasteiger charge is 1.91. The zero-order valence-electron chi connectivity index (χ0n) is 4.97. The van der Waals surface area contributed by atoms with E-state index in [0.29, 0.717) is 0 Å². The largest absolute Gasteiger partial charge is 0.318 e. The van der Waals surface area contributed by atoms with Crippen LogP contribution in [0.2, 0.25) is 0 Å². The monoisotopic (exact) mass is 235 g/mol. The molecule has 0 radical (unpaired) electrons. The van der Waals surface area contributed by atoms with Crippen molar-refractivity contribution in [2.75, 3.05) is 0 Å². The van der Waals surface area contributed by atoms with Gasteiger partial charge in [0.1, 0.15) is 0 Å². The molecule has 0 amide bonds. The molecule has 0 aliphatic rings. The molecule has 0 aliphatic carbocycles. The summed E-state index contributed by atoms with van der Waals surface area (Å²) >= 11 is 2.02. The molecule has 2 nitrogen and oxygen atoms in total. The van der Waals surface area contributed by atoms with E-state index in [-0.39, 0.29) is 5.56 Å². The summed E-state index contributed by atoms with van der Waals surface area (Å²) in [5.41, 5.74) is 0.0677. The van der Waals surface area contributed by atoms with E-state index in [2.05, 4.69) is 0 Å². The lowest BCUT2D eigenvalue weighted by Crippen LogP contribution is -2.17. The number of halogens is 1. The minimum Gasteiger partial charge on any atom is -0.318 e. The maximum absolute atomic E-state index is 10.9. The van der Waals surface area contributed by atoms with Crippen molar-refractivity contribution in [1.29, 1.82) is 0 Å². The van der Waals surface area contributed by atoms with E-state index < -0.39 is 0 Å². The van der Waals surface area contributed by atoms with Crippen LogP contribution in [-0.2, 0) is 7.05 Å². The Hall–Kier alpha value is -0.320. The Bertz CT molecular complexity index is 243. The predicted octanol–water partition coefficient (Wildman–Crippen LogP) is 0.990. The van der Waals surface area contributed by atoms with Crippen LogP contribution in [0.15, 0.2) is 23.1 Å². The summed E-state index contributed by atoms with van der Waals surface area (Å²) in [4.78, 5) is 10.9. The number of hydrogen-bond donors (Lipinski definition) is 0. The molecule has 0 bridgehead atoms. The van der Waals surface area contributed by atoms with E-state index in [1.54, 1.807) is 23.9 Å². The molecule has 3 heteroatoms. The molecule has 0 spiro atoms. The molecular formula is C6H6INO. The number of rotatable bonds is 0. The van der Waals surface area contributed by atoms with Crippen LogP contribution in [-0.4, -0.2) is 4.57 Å². The minimum atomic E-state index is 0.0677. The first-order chi connectivity index (χ1) is 4.22. The second-order valence-electron chi connectivity index (χ2n) is 1.77. The van der Waals surface area contributed by atoms with Gasteiger partial charge in [-0.1, -0.05) is 0 Å². The van der Waals surface area contributed by atoms with Gasteiger partial charge in [0.05, 0.1) is 3.57 Å². The Morgan fingerprint density at radius 1 is 1.67 bits per heavy atom. The Morgan fingerprint density at radius 3 is 2.78 bits per heavy atom. The van der Waals surface area contributed by atoms with E-state index in [1.807, 2.05) is 28.7 Å². The molecule has 0 saturated carbocycles. The Balaban J connectivity index is 3.43. The van der Waals surface area contributed by atoms with Crippen LogP contribution in [0.25, 0.3) is 0 Å². The highest BCUT2D eigenvalue weighted by Crippen LogP contribution is 1.93. The van der Waals surface area contributed by atoms with Crippen LogP contribution in [0.1, 0.15) is 0 Å². The smallest absolute Gasteiger partial charge is 0.263 e. The van der Waals surface area contributed by atoms with Gasteiger partial charge in [0, 0.05) is 13.2 Å². The van der Waals surface area contributed by atoms with Crippen molar-refractivity contribution in [1.82, 2.24) is 4.57 Å². The predicted molar refractivity (Wildman–Crippen MR) is 44.4 cm³/mol. The van der Waals surface area contributed by atoms with Gasteiger partial charge in [-0.05, 0) is 34.7 Å². The molecule has 1 rings (SSSR count). The molecule has 1 heterocycles. The lowest BCUT2D eigenvalue weighted by Gasteiger charge is -1.93. The molecular weight excluding hydrogens is 229 g/mol. The van der Waals surface area contributed by atoms with E-state index in [4.69, 9.17) is 0 Å². The summed E-state index contributed by atoms with van der Waals surface area (Å²) in [7, 11) is 1.74. The highest BCUT2D eigenvalue weighted by atomic mass is 127. The van der Waals surface area contributed by atoms with Crippen LogP contribution in [0.4, 0.5) is 0 Å². The second-order valence-corrected chi connectivity index (χ2v) is 2.93. The molecule has 0 unspecified atom stereocenters. The fraction of sp³-hybridized carbons (Fsp3) is 0.167. The van der Waals surface area contributed by atoms with Crippen LogP contribution in [0.3, 0.4) is 0 Å². The lowest BCUT2D eigenvalue weighted by atomic mass is 10.5. The van der Waals surface area contributed by atoms with Crippen LogP contribution < -0.4 is 5.56 Å². The van der Waals surface area contributed by atoms with Gasteiger partial charge in [-0.2, -0.15) is 0 Å². The van der Waals surface area contributed by atoms with Crippen molar-refractivity contribution >= 4 is 22.6 Å². The maximum atomic E-state index is 10.9. The molecule has 0 aromatic carbocycles. The zero-order valence-corrected chi connectivity index (χ0v) is 7.12. The molecule has 1 aromatic rings. The number of hydrogen-bond acceptors (Lipinski definition) is 1. The van der Waals surface area contributed by atoms with Crippen molar-refractivity contribution < 1.29 is 0 Å². The Morgan fingerprint density at radius 2 is 2.33 bits per heavy atom. The lowest BCUT2D eigenvalue weighted by molar-refractivity contribution is 0.853. The number of aromatic nitrogens is 1. The molecule has 0 aliphatic heterocycles. The first-order valence-electron chi connectivity index (χ1n) is 2.53. The zero-order chi connectivity index (χ0) is 6.85. The Labute approximate surface area is 66.6 Å². The Kier molecular flexibility index (Phi) is 1.90. The normalized spacial score (nSPS) is 9.56. The third-order valence-electron chi connectivity index (χ3n) is 1.08. The van der Waals surface area contributed by atoms with Crippen molar-refractivity contribution in [3.63, 3.8) is 0 Å². The van der Waals surface area contributed by atoms with Gasteiger partial charge in [0.2, 0.25) is 0 Å². The molecule has 0 saturated heterocycles. The molecule has 0 atom stereocenters. The SMILES string of the molecule is Cn1cccc(I)c1=O. The topological polar surface area (TPSA) is 22.0 Å². The first kappa shape index (κ1) is 6.80. The van der Waals surface area contributed by atoms with Gasteiger partial charge in [-0.15, -0.1) is 0 Å². The molecule has 1 aromatic heterocycles. The van der Waals surface area contributed by atoms with E-state index >= 15 is 0 Å². The number of aryl methyl sites for hydroxylation is 1. The fourth-order valence-electron chi connectivity index (χ4n) is 0.564. The average Bonchev–Trinajstić information content (AvgIpc) is 1.83. The van der Waals surface area contributed by atoms with Gasteiger partial charge in [-0.25, -0.2) is 0 Å². The van der Waals surface area contributed by atoms with Gasteiger partial charge in [0.15, 0.2) is 0 Å². The fourth-order valence-corrected chi connectivity index (χ4v) is 1.15. The summed E-state index contributed by atoms with van der Waals surface area (Å²) in [5, 5.41) is 0. The molecule has 0 fully saturated rings. The molecule has 0 N–H and O–H groups in total. The highest BCUT2D eigenvalue weighted by molar-refractivity contribution is 14.1. The summed E-state index contributed by atoms with van der Waals surface area (Å²) in [6.07, 6.45) is 1.74. The maximum Gasteiger partial charge on any atom is 0.263 e. The van der Waals surface area contributed by atoms with Crippen LogP contribution in [0, 0.1) is 3.57 Å². The van der Waals surface area contributed by atoms with Crippen molar-refractivity contribution in [3.05, 3.63) is 32.3 Å². The third-order valence-corrected chi connectivity index (χ3v) is 1.90. The average molecular weight is 235 g/mol. The number of pyridine rings is 1. The van der Waals surface area contributed by atoms with Gasteiger partial charge < -0.3 is 4.57 Å². The van der Waals surface area contributed by atoms with Gasteiger partial charge in [0.25, 0.3) is 5.56 Å². The summed E-state index contributed by atoms with van der Waals surface area (Å²) < 4.78 is 2.32. The van der Waals surface area contributed by atoms with Crippen LogP contribution in [0.5, 0.6) is 0 Å². The third kappa shape index (κ3) is 1.32. The molecule has 48 valence electrons. The quantitative estimate of drug-likeness (QED) is 0.614. The van der Waals surface area contributed by atoms with Gasteiger partial charge >= 0.3 is 0 Å². The van der Waals surface area contributed by atoms with Gasteiger partial charge in [-0.3, -0.25) is 4.79 Å². The standard InChI is InChI=1S/C6H6INO/c1-8-4-2-3-5(7)6(8)9/h2-4H,1H3. The summed E-state index contributed by atoms with van der Waals surface area (Å²) in [6.45, 7) is 0. The molecule has 9 heavy (non-hydrogen) atoms. The second kappa shape index (κ2) is 2.51. The number of nitrogens with zero attached hydrogens (tertiary/aromatic N) is 1.